The van der Waals surface area contributed by atoms with Crippen LogP contribution in [0.3, 0.4) is 0 Å². The summed E-state index contributed by atoms with van der Waals surface area (Å²) in [5.74, 6) is 0.363. The molecule has 2 bridgehead atoms. The summed E-state index contributed by atoms with van der Waals surface area (Å²) in [7, 11) is 0. The maximum absolute atomic E-state index is 9.54. The quantitative estimate of drug-likeness (QED) is 0.518. The Balaban J connectivity index is 2.23. The van der Waals surface area contributed by atoms with Gasteiger partial charge in [0.1, 0.15) is 5.60 Å². The zero-order valence-electron chi connectivity index (χ0n) is 6.66. The molecule has 3 fully saturated rings. The van der Waals surface area contributed by atoms with Gasteiger partial charge in [-0.3, -0.25) is 0 Å². The van der Waals surface area contributed by atoms with E-state index in [9.17, 15) is 10.2 Å². The van der Waals surface area contributed by atoms with Crippen LogP contribution in [0.15, 0.2) is 0 Å². The lowest BCUT2D eigenvalue weighted by molar-refractivity contribution is -0.248. The molecule has 3 heteroatoms. The van der Waals surface area contributed by atoms with Gasteiger partial charge in [0, 0.05) is 0 Å². The van der Waals surface area contributed by atoms with Crippen molar-refractivity contribution in [2.75, 3.05) is 6.61 Å². The Morgan fingerprint density at radius 2 is 1.82 bits per heavy atom. The van der Waals surface area contributed by atoms with Crippen molar-refractivity contribution in [3.05, 3.63) is 0 Å². The molecule has 0 radical (unpaired) electrons. The fourth-order valence-electron chi connectivity index (χ4n) is 2.04. The van der Waals surface area contributed by atoms with Crippen molar-refractivity contribution in [1.29, 1.82) is 0 Å². The van der Waals surface area contributed by atoms with Gasteiger partial charge in [0.15, 0.2) is 0 Å². The summed E-state index contributed by atoms with van der Waals surface area (Å²) < 4.78 is 5.39. The smallest absolute Gasteiger partial charge is 0.117 e. The zero-order valence-corrected chi connectivity index (χ0v) is 6.66. The molecule has 2 unspecified atom stereocenters. The Kier molecular flexibility index (Phi) is 1.50. The Bertz CT molecular complexity index is 157. The van der Waals surface area contributed by atoms with Crippen LogP contribution in [0.25, 0.3) is 0 Å². The third kappa shape index (κ3) is 0.916. The number of hydrogen-bond acceptors (Lipinski definition) is 3. The highest BCUT2D eigenvalue weighted by molar-refractivity contribution is 5.01. The van der Waals surface area contributed by atoms with Crippen molar-refractivity contribution in [1.82, 2.24) is 0 Å². The number of hydrogen-bond donors (Lipinski definition) is 2. The van der Waals surface area contributed by atoms with Gasteiger partial charge in [-0.1, -0.05) is 0 Å². The zero-order chi connectivity index (χ0) is 8.06. The molecule has 0 aromatic rings. The first-order valence-corrected chi connectivity index (χ1v) is 4.13. The minimum atomic E-state index is -0.686. The maximum atomic E-state index is 9.54. The molecule has 0 aromatic carbocycles. The first-order chi connectivity index (χ1) is 5.13. The third-order valence-corrected chi connectivity index (χ3v) is 3.07. The van der Waals surface area contributed by atoms with E-state index in [1.54, 1.807) is 6.92 Å². The molecule has 2 aliphatic heterocycles. The molecule has 2 atom stereocenters. The van der Waals surface area contributed by atoms with Gasteiger partial charge in [-0.25, -0.2) is 0 Å². The summed E-state index contributed by atoms with van der Waals surface area (Å²) in [6.45, 7) is 2.49. The van der Waals surface area contributed by atoms with E-state index in [0.717, 1.165) is 12.8 Å². The second-order valence-electron chi connectivity index (χ2n) is 3.86. The molecule has 0 aromatic heterocycles. The molecule has 1 aliphatic carbocycles. The van der Waals surface area contributed by atoms with Crippen LogP contribution in [0.5, 0.6) is 0 Å². The molecule has 64 valence electrons. The molecule has 2 N–H and O–H groups in total. The normalized spacial score (nSPS) is 56.5. The van der Waals surface area contributed by atoms with E-state index in [1.807, 2.05) is 0 Å². The van der Waals surface area contributed by atoms with Crippen LogP contribution in [-0.4, -0.2) is 34.6 Å². The van der Waals surface area contributed by atoms with Gasteiger partial charge in [0.2, 0.25) is 0 Å². The van der Waals surface area contributed by atoms with Gasteiger partial charge >= 0.3 is 0 Å². The average Bonchev–Trinajstić information content (AvgIpc) is 1.94. The molecule has 11 heavy (non-hydrogen) atoms. The number of aliphatic hydroxyl groups excluding tert-OH is 2. The van der Waals surface area contributed by atoms with Crippen molar-refractivity contribution >= 4 is 0 Å². The molecule has 3 aliphatic rings. The molecule has 1 saturated carbocycles. The largest absolute Gasteiger partial charge is 0.390 e. The Hall–Kier alpha value is -0.120. The van der Waals surface area contributed by atoms with Crippen LogP contribution in [0.1, 0.15) is 19.8 Å². The first-order valence-electron chi connectivity index (χ1n) is 4.13. The fraction of sp³-hybridized carbons (Fsp3) is 1.00. The van der Waals surface area contributed by atoms with Crippen LogP contribution in [0, 0.1) is 5.92 Å². The number of fused-ring (bicyclic) bond motifs is 3. The minimum Gasteiger partial charge on any atom is -0.390 e. The lowest BCUT2D eigenvalue weighted by Crippen LogP contribution is -2.61. The molecule has 0 spiro atoms. The van der Waals surface area contributed by atoms with E-state index >= 15 is 0 Å². The van der Waals surface area contributed by atoms with Crippen molar-refractivity contribution < 1.29 is 14.9 Å². The lowest BCUT2D eigenvalue weighted by atomic mass is 9.73. The number of aliphatic hydroxyl groups is 2. The fourth-order valence-corrected chi connectivity index (χ4v) is 2.04. The molecule has 2 saturated heterocycles. The van der Waals surface area contributed by atoms with Gasteiger partial charge in [0.25, 0.3) is 0 Å². The van der Waals surface area contributed by atoms with E-state index in [2.05, 4.69) is 0 Å². The SMILES string of the molecule is CC12OCC(CC1O)CC2O. The minimum absolute atomic E-state index is 0.363. The van der Waals surface area contributed by atoms with Gasteiger partial charge in [-0.15, -0.1) is 0 Å². The van der Waals surface area contributed by atoms with Crippen LogP contribution in [0.4, 0.5) is 0 Å². The second kappa shape index (κ2) is 2.19. The summed E-state index contributed by atoms with van der Waals surface area (Å²) in [5.41, 5.74) is -0.686. The predicted octanol–water partition coefficient (Wildman–Crippen LogP) is -0.0929. The van der Waals surface area contributed by atoms with Gasteiger partial charge in [-0.05, 0) is 25.7 Å². The van der Waals surface area contributed by atoms with Crippen LogP contribution >= 0.6 is 0 Å². The monoisotopic (exact) mass is 158 g/mol. The van der Waals surface area contributed by atoms with Gasteiger partial charge in [0.05, 0.1) is 18.8 Å². The average molecular weight is 158 g/mol. The summed E-state index contributed by atoms with van der Waals surface area (Å²) in [4.78, 5) is 0. The maximum Gasteiger partial charge on any atom is 0.117 e. The van der Waals surface area contributed by atoms with Crippen molar-refractivity contribution in [2.24, 2.45) is 5.92 Å². The Morgan fingerprint density at radius 1 is 1.27 bits per heavy atom. The Labute approximate surface area is 66.0 Å². The topological polar surface area (TPSA) is 49.7 Å². The van der Waals surface area contributed by atoms with Crippen LogP contribution < -0.4 is 0 Å². The molecule has 3 nitrogen and oxygen atoms in total. The van der Waals surface area contributed by atoms with Crippen LogP contribution in [0.2, 0.25) is 0 Å². The molecular weight excluding hydrogens is 144 g/mol. The van der Waals surface area contributed by atoms with E-state index in [-0.39, 0.29) is 0 Å². The van der Waals surface area contributed by atoms with Gasteiger partial charge < -0.3 is 14.9 Å². The summed E-state index contributed by atoms with van der Waals surface area (Å²) in [5, 5.41) is 19.1. The highest BCUT2D eigenvalue weighted by Crippen LogP contribution is 2.40. The molecule has 0 amide bonds. The lowest BCUT2D eigenvalue weighted by Gasteiger charge is -2.50. The van der Waals surface area contributed by atoms with E-state index in [1.165, 1.54) is 0 Å². The Morgan fingerprint density at radius 3 is 2.18 bits per heavy atom. The summed E-state index contributed by atoms with van der Waals surface area (Å²) in [6, 6.07) is 0. The summed E-state index contributed by atoms with van der Waals surface area (Å²) in [6.07, 6.45) is 0.608. The highest BCUT2D eigenvalue weighted by Gasteiger charge is 2.51. The number of ether oxygens (including phenoxy) is 1. The van der Waals surface area contributed by atoms with E-state index in [4.69, 9.17) is 4.74 Å². The van der Waals surface area contributed by atoms with Crippen LogP contribution in [-0.2, 0) is 4.74 Å². The molecule has 3 rings (SSSR count). The second-order valence-corrected chi connectivity index (χ2v) is 3.86. The predicted molar refractivity (Wildman–Crippen MR) is 39.1 cm³/mol. The van der Waals surface area contributed by atoms with E-state index in [0.29, 0.717) is 12.5 Å². The highest BCUT2D eigenvalue weighted by atomic mass is 16.5. The van der Waals surface area contributed by atoms with E-state index < -0.39 is 17.8 Å². The number of rotatable bonds is 0. The van der Waals surface area contributed by atoms with Crippen molar-refractivity contribution in [3.8, 4) is 0 Å². The molecular formula is C8H14O3. The van der Waals surface area contributed by atoms with Crippen molar-refractivity contribution in [3.63, 3.8) is 0 Å². The third-order valence-electron chi connectivity index (χ3n) is 3.07. The molecule has 2 heterocycles. The first kappa shape index (κ1) is 7.53. The standard InChI is InChI=1S/C8H14O3/c1-8-6(9)2-5(4-11-8)3-7(8)10/h5-7,9-10H,2-4H2,1H3. The summed E-state index contributed by atoms with van der Waals surface area (Å²) >= 11 is 0. The van der Waals surface area contributed by atoms with Crippen molar-refractivity contribution in [2.45, 2.75) is 37.6 Å². The van der Waals surface area contributed by atoms with Gasteiger partial charge in [-0.2, -0.15) is 0 Å².